The third-order valence-corrected chi connectivity index (χ3v) is 6.24. The van der Waals surface area contributed by atoms with E-state index in [9.17, 15) is 4.79 Å². The SMILES string of the molecule is CCCc1ccc(-c2csc(NC(=O)CSc3nnc(COc4cccc(C)c4)o3)n2)cc1. The molecule has 0 saturated carbocycles. The summed E-state index contributed by atoms with van der Waals surface area (Å²) < 4.78 is 11.2. The molecule has 0 bridgehead atoms. The van der Waals surface area contributed by atoms with Crippen LogP contribution in [0.1, 0.15) is 30.4 Å². The highest BCUT2D eigenvalue weighted by Gasteiger charge is 2.12. The average molecular weight is 481 g/mol. The molecule has 0 aliphatic rings. The first-order valence-corrected chi connectivity index (χ1v) is 12.4. The van der Waals surface area contributed by atoms with Gasteiger partial charge in [-0.2, -0.15) is 0 Å². The number of benzene rings is 2. The van der Waals surface area contributed by atoms with Crippen LogP contribution in [-0.4, -0.2) is 26.8 Å². The van der Waals surface area contributed by atoms with Crippen molar-refractivity contribution in [2.75, 3.05) is 11.1 Å². The Morgan fingerprint density at radius 2 is 2.03 bits per heavy atom. The van der Waals surface area contributed by atoms with Crippen molar-refractivity contribution in [3.8, 4) is 17.0 Å². The number of nitrogens with zero attached hydrogens (tertiary/aromatic N) is 3. The van der Waals surface area contributed by atoms with Crippen molar-refractivity contribution in [2.45, 2.75) is 38.5 Å². The van der Waals surface area contributed by atoms with Gasteiger partial charge in [0.2, 0.25) is 5.91 Å². The molecule has 0 aliphatic carbocycles. The first kappa shape index (κ1) is 23.0. The van der Waals surface area contributed by atoms with Crippen LogP contribution in [0.4, 0.5) is 5.13 Å². The van der Waals surface area contributed by atoms with Crippen LogP contribution in [0.5, 0.6) is 5.75 Å². The standard InChI is InChI=1S/C24H24N4O3S2/c1-3-5-17-8-10-18(11-9-17)20-14-32-23(25-20)26-21(29)15-33-24-28-27-22(31-24)13-30-19-7-4-6-16(2)12-19/h4,6-12,14H,3,5,13,15H2,1-2H3,(H,25,26,29). The molecule has 2 aromatic heterocycles. The predicted octanol–water partition coefficient (Wildman–Crippen LogP) is 5.76. The minimum absolute atomic E-state index is 0.140. The number of carbonyl (C=O) groups excluding carboxylic acids is 1. The van der Waals surface area contributed by atoms with Gasteiger partial charge >= 0.3 is 0 Å². The Labute approximate surface area is 200 Å². The van der Waals surface area contributed by atoms with Gasteiger partial charge in [-0.15, -0.1) is 21.5 Å². The van der Waals surface area contributed by atoms with Gasteiger partial charge in [0, 0.05) is 10.9 Å². The lowest BCUT2D eigenvalue weighted by Gasteiger charge is -2.03. The average Bonchev–Trinajstić information content (AvgIpc) is 3.47. The Balaban J connectivity index is 1.24. The first-order chi connectivity index (χ1) is 16.1. The third-order valence-electron chi connectivity index (χ3n) is 4.67. The molecule has 1 N–H and O–H groups in total. The number of rotatable bonds is 10. The third kappa shape index (κ3) is 6.66. The molecule has 0 fully saturated rings. The topological polar surface area (TPSA) is 90.1 Å². The molecule has 0 saturated heterocycles. The summed E-state index contributed by atoms with van der Waals surface area (Å²) in [6, 6.07) is 16.1. The Bertz CT molecular complexity index is 1200. The van der Waals surface area contributed by atoms with Gasteiger partial charge in [0.15, 0.2) is 11.7 Å². The lowest BCUT2D eigenvalue weighted by molar-refractivity contribution is -0.113. The number of thiazole rings is 1. The smallest absolute Gasteiger partial charge is 0.277 e. The summed E-state index contributed by atoms with van der Waals surface area (Å²) in [6.45, 7) is 4.33. The van der Waals surface area contributed by atoms with Crippen molar-refractivity contribution in [1.29, 1.82) is 0 Å². The van der Waals surface area contributed by atoms with E-state index in [1.165, 1.54) is 28.7 Å². The zero-order chi connectivity index (χ0) is 23.0. The van der Waals surface area contributed by atoms with Gasteiger partial charge < -0.3 is 14.5 Å². The maximum Gasteiger partial charge on any atom is 0.277 e. The van der Waals surface area contributed by atoms with Crippen molar-refractivity contribution in [3.05, 3.63) is 70.9 Å². The molecule has 7 nitrogen and oxygen atoms in total. The van der Waals surface area contributed by atoms with Gasteiger partial charge in [-0.3, -0.25) is 4.79 Å². The van der Waals surface area contributed by atoms with Gasteiger partial charge in [0.25, 0.3) is 11.1 Å². The van der Waals surface area contributed by atoms with Crippen LogP contribution >= 0.6 is 23.1 Å². The van der Waals surface area contributed by atoms with Crippen LogP contribution in [0.25, 0.3) is 11.3 Å². The van der Waals surface area contributed by atoms with E-state index in [1.807, 2.05) is 36.6 Å². The Morgan fingerprint density at radius 3 is 2.82 bits per heavy atom. The first-order valence-electron chi connectivity index (χ1n) is 10.6. The van der Waals surface area contributed by atoms with Crippen LogP contribution in [0.15, 0.2) is 63.6 Å². The summed E-state index contributed by atoms with van der Waals surface area (Å²) >= 11 is 2.57. The number of aromatic nitrogens is 3. The normalized spacial score (nSPS) is 10.8. The van der Waals surface area contributed by atoms with Crippen LogP contribution < -0.4 is 10.1 Å². The van der Waals surface area contributed by atoms with E-state index in [4.69, 9.17) is 9.15 Å². The number of nitrogens with one attached hydrogen (secondary N) is 1. The largest absolute Gasteiger partial charge is 0.484 e. The number of anilines is 1. The summed E-state index contributed by atoms with van der Waals surface area (Å²) in [5.74, 6) is 1.05. The minimum Gasteiger partial charge on any atom is -0.484 e. The zero-order valence-corrected chi connectivity index (χ0v) is 20.0. The number of hydrogen-bond donors (Lipinski definition) is 1. The maximum absolute atomic E-state index is 12.3. The molecule has 2 heterocycles. The molecule has 33 heavy (non-hydrogen) atoms. The maximum atomic E-state index is 12.3. The van der Waals surface area contributed by atoms with Gasteiger partial charge in [-0.05, 0) is 36.6 Å². The summed E-state index contributed by atoms with van der Waals surface area (Å²) in [4.78, 5) is 16.8. The van der Waals surface area contributed by atoms with E-state index in [1.54, 1.807) is 0 Å². The zero-order valence-electron chi connectivity index (χ0n) is 18.4. The molecule has 1 amide bonds. The molecule has 0 spiro atoms. The second-order valence-corrected chi connectivity index (χ2v) is 9.17. The van der Waals surface area contributed by atoms with Crippen molar-refractivity contribution < 1.29 is 13.9 Å². The van der Waals surface area contributed by atoms with Crippen LogP contribution in [-0.2, 0) is 17.8 Å². The van der Waals surface area contributed by atoms with E-state index in [0.717, 1.165) is 35.4 Å². The molecule has 4 aromatic rings. The molecule has 170 valence electrons. The molecular formula is C24H24N4O3S2. The summed E-state index contributed by atoms with van der Waals surface area (Å²) in [5.41, 5.74) is 4.30. The molecular weight excluding hydrogens is 456 g/mol. The van der Waals surface area contributed by atoms with Crippen LogP contribution in [0, 0.1) is 6.92 Å². The number of amides is 1. The summed E-state index contributed by atoms with van der Waals surface area (Å²) in [5, 5.41) is 13.6. The van der Waals surface area contributed by atoms with E-state index in [0.29, 0.717) is 16.2 Å². The molecule has 4 rings (SSSR count). The van der Waals surface area contributed by atoms with Gasteiger partial charge in [0.05, 0.1) is 11.4 Å². The monoisotopic (exact) mass is 480 g/mol. The van der Waals surface area contributed by atoms with E-state index < -0.39 is 0 Å². The highest BCUT2D eigenvalue weighted by atomic mass is 32.2. The molecule has 9 heteroatoms. The van der Waals surface area contributed by atoms with Crippen molar-refractivity contribution in [1.82, 2.24) is 15.2 Å². The lowest BCUT2D eigenvalue weighted by atomic mass is 10.1. The summed E-state index contributed by atoms with van der Waals surface area (Å²) in [6.07, 6.45) is 2.19. The number of ether oxygens (including phenoxy) is 1. The predicted molar refractivity (Wildman–Crippen MR) is 131 cm³/mol. The van der Waals surface area contributed by atoms with Crippen LogP contribution in [0.2, 0.25) is 0 Å². The lowest BCUT2D eigenvalue weighted by Crippen LogP contribution is -2.13. The number of hydrogen-bond acceptors (Lipinski definition) is 8. The summed E-state index contributed by atoms with van der Waals surface area (Å²) in [7, 11) is 0. The molecule has 0 aliphatic heterocycles. The van der Waals surface area contributed by atoms with Gasteiger partial charge in [-0.25, -0.2) is 4.98 Å². The van der Waals surface area contributed by atoms with Crippen molar-refractivity contribution in [2.24, 2.45) is 0 Å². The van der Waals surface area contributed by atoms with E-state index in [-0.39, 0.29) is 18.3 Å². The molecule has 0 atom stereocenters. The quantitative estimate of drug-likeness (QED) is 0.288. The van der Waals surface area contributed by atoms with Gasteiger partial charge in [-0.1, -0.05) is 61.5 Å². The molecule has 0 radical (unpaired) electrons. The van der Waals surface area contributed by atoms with E-state index in [2.05, 4.69) is 51.7 Å². The fourth-order valence-electron chi connectivity index (χ4n) is 3.08. The molecule has 0 unspecified atom stereocenters. The highest BCUT2D eigenvalue weighted by molar-refractivity contribution is 7.99. The number of aryl methyl sites for hydroxylation is 2. The Kier molecular flexibility index (Phi) is 7.74. The van der Waals surface area contributed by atoms with Gasteiger partial charge in [0.1, 0.15) is 5.75 Å². The second kappa shape index (κ2) is 11.1. The number of thioether (sulfide) groups is 1. The van der Waals surface area contributed by atoms with Crippen molar-refractivity contribution in [3.63, 3.8) is 0 Å². The Morgan fingerprint density at radius 1 is 1.18 bits per heavy atom. The highest BCUT2D eigenvalue weighted by Crippen LogP contribution is 2.26. The van der Waals surface area contributed by atoms with E-state index >= 15 is 0 Å². The molecule has 2 aromatic carbocycles. The number of carbonyl (C=O) groups is 1. The van der Waals surface area contributed by atoms with Crippen molar-refractivity contribution >= 4 is 34.1 Å². The minimum atomic E-state index is -0.185. The fraction of sp³-hybridized carbons (Fsp3) is 0.250. The second-order valence-electron chi connectivity index (χ2n) is 7.39. The Hall–Kier alpha value is -3.17. The van der Waals surface area contributed by atoms with Crippen LogP contribution in [0.3, 0.4) is 0 Å². The fourth-order valence-corrected chi connectivity index (χ4v) is 4.40.